The number of rotatable bonds is 9. The molecule has 2 aliphatic rings. The summed E-state index contributed by atoms with van der Waals surface area (Å²) < 4.78 is 11.6. The van der Waals surface area contributed by atoms with Crippen molar-refractivity contribution >= 4 is 18.5 Å². The highest BCUT2D eigenvalue weighted by molar-refractivity contribution is 5.86. The van der Waals surface area contributed by atoms with Crippen LogP contribution in [-0.2, 0) is 23.9 Å². The van der Waals surface area contributed by atoms with Gasteiger partial charge >= 0.3 is 5.97 Å². The predicted molar refractivity (Wildman–Crippen MR) is 121 cm³/mol. The number of carbonyl (C=O) groups excluding carboxylic acids is 3. The zero-order valence-electron chi connectivity index (χ0n) is 19.9. The Bertz CT molecular complexity index is 766. The summed E-state index contributed by atoms with van der Waals surface area (Å²) in [7, 11) is 1.60. The summed E-state index contributed by atoms with van der Waals surface area (Å²) in [5.74, 6) is -0.461. The lowest BCUT2D eigenvalue weighted by Gasteiger charge is -2.59. The van der Waals surface area contributed by atoms with E-state index in [1.54, 1.807) is 13.2 Å². The second-order valence-electron chi connectivity index (χ2n) is 9.59. The van der Waals surface area contributed by atoms with Crippen LogP contribution >= 0.6 is 0 Å². The number of allylic oxidation sites excluding steroid dienone is 3. The third kappa shape index (κ3) is 4.48. The molecule has 2 rings (SSSR count). The molecule has 172 valence electrons. The standard InChI is InChI=1S/C26H38O5/c1-8-17(3)10-11-25(6)19(5)12-23(30-7)26(16-28)20(15-27)13-21(14-22(25)26)31-24(29)18(4)9-2/h8,10,13,15-16,18-19,21-23H,1,9,11-12,14H2,2-7H3/b17-10+/t18?,19-,21+,22+,23+,25-,26+/m1/s1. The summed E-state index contributed by atoms with van der Waals surface area (Å²) >= 11 is 0. The van der Waals surface area contributed by atoms with E-state index in [0.29, 0.717) is 24.8 Å². The number of fused-ring (bicyclic) bond motifs is 1. The van der Waals surface area contributed by atoms with Crippen molar-refractivity contribution in [2.24, 2.45) is 28.6 Å². The van der Waals surface area contributed by atoms with Crippen molar-refractivity contribution in [1.82, 2.24) is 0 Å². The van der Waals surface area contributed by atoms with Gasteiger partial charge in [0.15, 0.2) is 0 Å². The van der Waals surface area contributed by atoms with Crippen LogP contribution in [0.25, 0.3) is 0 Å². The molecule has 5 heteroatoms. The Morgan fingerprint density at radius 1 is 1.35 bits per heavy atom. The molecule has 0 heterocycles. The zero-order valence-corrected chi connectivity index (χ0v) is 19.9. The number of hydrogen-bond acceptors (Lipinski definition) is 5. The number of hydrogen-bond donors (Lipinski definition) is 0. The first kappa shape index (κ1) is 25.3. The average Bonchev–Trinajstić information content (AvgIpc) is 2.78. The maximum absolute atomic E-state index is 12.7. The first-order valence-electron chi connectivity index (χ1n) is 11.3. The first-order chi connectivity index (χ1) is 14.6. The van der Waals surface area contributed by atoms with Gasteiger partial charge in [0.1, 0.15) is 18.7 Å². The molecule has 1 unspecified atom stereocenters. The summed E-state index contributed by atoms with van der Waals surface area (Å²) in [6.45, 7) is 14.0. The molecule has 0 spiro atoms. The third-order valence-electron chi connectivity index (χ3n) is 8.01. The van der Waals surface area contributed by atoms with Crippen LogP contribution < -0.4 is 0 Å². The molecule has 0 aromatic carbocycles. The van der Waals surface area contributed by atoms with E-state index in [2.05, 4.69) is 26.5 Å². The Morgan fingerprint density at radius 2 is 2.03 bits per heavy atom. The third-order valence-corrected chi connectivity index (χ3v) is 8.01. The molecule has 2 aliphatic carbocycles. The van der Waals surface area contributed by atoms with E-state index < -0.39 is 17.6 Å². The lowest BCUT2D eigenvalue weighted by Crippen LogP contribution is -2.61. The molecule has 1 fully saturated rings. The van der Waals surface area contributed by atoms with Gasteiger partial charge in [-0.3, -0.25) is 9.59 Å². The zero-order chi connectivity index (χ0) is 23.4. The topological polar surface area (TPSA) is 69.7 Å². The molecule has 0 saturated heterocycles. The van der Waals surface area contributed by atoms with Gasteiger partial charge in [-0.15, -0.1) is 0 Å². The summed E-state index contributed by atoms with van der Waals surface area (Å²) in [6.07, 6.45) is 8.94. The van der Waals surface area contributed by atoms with Gasteiger partial charge < -0.3 is 14.3 Å². The fraction of sp³-hybridized carbons (Fsp3) is 0.654. The lowest BCUT2D eigenvalue weighted by atomic mass is 9.45. The highest BCUT2D eigenvalue weighted by atomic mass is 16.5. The number of ether oxygens (including phenoxy) is 2. The summed E-state index contributed by atoms with van der Waals surface area (Å²) in [4.78, 5) is 37.4. The maximum atomic E-state index is 12.7. The Morgan fingerprint density at radius 3 is 2.55 bits per heavy atom. The minimum Gasteiger partial charge on any atom is -0.458 e. The van der Waals surface area contributed by atoms with Gasteiger partial charge in [0.2, 0.25) is 0 Å². The van der Waals surface area contributed by atoms with Gasteiger partial charge in [-0.25, -0.2) is 0 Å². The Labute approximate surface area is 186 Å². The van der Waals surface area contributed by atoms with E-state index in [1.165, 1.54) is 0 Å². The summed E-state index contributed by atoms with van der Waals surface area (Å²) in [6, 6.07) is 0. The van der Waals surface area contributed by atoms with Gasteiger partial charge in [0, 0.05) is 12.7 Å². The van der Waals surface area contributed by atoms with Crippen molar-refractivity contribution < 1.29 is 23.9 Å². The second-order valence-corrected chi connectivity index (χ2v) is 9.59. The SMILES string of the molecule is C=C/C(C)=C/C[C@]1(C)[C@H](C)C[C@H](OC)[C@@]2(C=O)C(C=O)=C[C@H](OC(=O)C(C)CC)C[C@@H]12. The van der Waals surface area contributed by atoms with E-state index in [0.717, 1.165) is 24.6 Å². The smallest absolute Gasteiger partial charge is 0.309 e. The van der Waals surface area contributed by atoms with Crippen LogP contribution in [0.5, 0.6) is 0 Å². The Kier molecular flexibility index (Phi) is 8.21. The lowest BCUT2D eigenvalue weighted by molar-refractivity contribution is -0.169. The van der Waals surface area contributed by atoms with Gasteiger partial charge in [-0.05, 0) is 55.9 Å². The van der Waals surface area contributed by atoms with Crippen molar-refractivity contribution in [3.8, 4) is 0 Å². The molecule has 0 aliphatic heterocycles. The minimum atomic E-state index is -1.05. The highest BCUT2D eigenvalue weighted by Gasteiger charge is 2.62. The first-order valence-corrected chi connectivity index (χ1v) is 11.3. The number of esters is 1. The van der Waals surface area contributed by atoms with Gasteiger partial charge in [0.05, 0.1) is 17.4 Å². The average molecular weight is 431 g/mol. The predicted octanol–water partition coefficient (Wildman–Crippen LogP) is 4.86. The molecular weight excluding hydrogens is 392 g/mol. The maximum Gasteiger partial charge on any atom is 0.309 e. The van der Waals surface area contributed by atoms with Gasteiger partial charge in [-0.1, -0.05) is 52.0 Å². The van der Waals surface area contributed by atoms with Crippen LogP contribution in [-0.4, -0.2) is 37.9 Å². The van der Waals surface area contributed by atoms with Crippen molar-refractivity contribution in [3.05, 3.63) is 36.0 Å². The van der Waals surface area contributed by atoms with Crippen LogP contribution in [0.4, 0.5) is 0 Å². The number of aldehydes is 2. The quantitative estimate of drug-likeness (QED) is 0.297. The molecule has 0 aromatic heterocycles. The largest absolute Gasteiger partial charge is 0.458 e. The number of carbonyl (C=O) groups is 3. The summed E-state index contributed by atoms with van der Waals surface area (Å²) in [5, 5.41) is 0. The van der Waals surface area contributed by atoms with E-state index in [9.17, 15) is 14.4 Å². The molecule has 0 aromatic rings. The summed E-state index contributed by atoms with van der Waals surface area (Å²) in [5.41, 5.74) is 0.104. The van der Waals surface area contributed by atoms with Gasteiger partial charge in [-0.2, -0.15) is 0 Å². The van der Waals surface area contributed by atoms with Crippen LogP contribution in [0.3, 0.4) is 0 Å². The fourth-order valence-electron chi connectivity index (χ4n) is 5.38. The van der Waals surface area contributed by atoms with E-state index in [4.69, 9.17) is 9.47 Å². The molecule has 5 nitrogen and oxygen atoms in total. The van der Waals surface area contributed by atoms with Gasteiger partial charge in [0.25, 0.3) is 0 Å². The van der Waals surface area contributed by atoms with Crippen LogP contribution in [0, 0.1) is 28.6 Å². The number of methoxy groups -OCH3 is 1. The molecule has 0 bridgehead atoms. The highest BCUT2D eigenvalue weighted by Crippen LogP contribution is 2.61. The molecule has 1 saturated carbocycles. The van der Waals surface area contributed by atoms with Crippen molar-refractivity contribution in [2.45, 2.75) is 72.5 Å². The van der Waals surface area contributed by atoms with Crippen molar-refractivity contribution in [3.63, 3.8) is 0 Å². The van der Waals surface area contributed by atoms with Crippen molar-refractivity contribution in [2.75, 3.05) is 7.11 Å². The van der Waals surface area contributed by atoms with E-state index >= 15 is 0 Å². The molecule has 31 heavy (non-hydrogen) atoms. The molecule has 0 N–H and O–H groups in total. The second kappa shape index (κ2) is 10.1. The van der Waals surface area contributed by atoms with Crippen molar-refractivity contribution in [1.29, 1.82) is 0 Å². The van der Waals surface area contributed by atoms with E-state index in [-0.39, 0.29) is 29.1 Å². The molecule has 0 radical (unpaired) electrons. The van der Waals surface area contributed by atoms with Crippen LogP contribution in [0.2, 0.25) is 0 Å². The Hall–Kier alpha value is -2.01. The molecular formula is C26H38O5. The fourth-order valence-corrected chi connectivity index (χ4v) is 5.38. The minimum absolute atomic E-state index is 0.208. The molecule has 7 atom stereocenters. The van der Waals surface area contributed by atoms with Crippen LogP contribution in [0.1, 0.15) is 60.3 Å². The van der Waals surface area contributed by atoms with Crippen LogP contribution in [0.15, 0.2) is 36.0 Å². The Balaban J connectivity index is 2.60. The van der Waals surface area contributed by atoms with E-state index in [1.807, 2.05) is 26.8 Å². The monoisotopic (exact) mass is 430 g/mol. The molecule has 0 amide bonds. The normalized spacial score (nSPS) is 36.6.